The number of benzene rings is 2. The molecule has 0 radical (unpaired) electrons. The second-order valence-electron chi connectivity index (χ2n) is 4.61. The van der Waals surface area contributed by atoms with Gasteiger partial charge in [-0.15, -0.1) is 0 Å². The molecule has 0 aliphatic heterocycles. The third-order valence-electron chi connectivity index (χ3n) is 2.85. The minimum Gasteiger partial charge on any atom is -0.301 e. The monoisotopic (exact) mass is 351 g/mol. The molecule has 7 heteroatoms. The van der Waals surface area contributed by atoms with Gasteiger partial charge in [-0.2, -0.15) is 0 Å². The number of carbonyl (C=O) groups is 2. The lowest BCUT2D eigenvalue weighted by atomic mass is 10.1. The molecular weight excluding hydrogens is 337 g/mol. The van der Waals surface area contributed by atoms with Crippen LogP contribution in [0.5, 0.6) is 0 Å². The van der Waals surface area contributed by atoms with Gasteiger partial charge in [-0.3, -0.25) is 9.59 Å². The Morgan fingerprint density at radius 3 is 2.26 bits per heavy atom. The molecule has 23 heavy (non-hydrogen) atoms. The summed E-state index contributed by atoms with van der Waals surface area (Å²) in [6.45, 7) is 1.41. The van der Waals surface area contributed by atoms with Crippen LogP contribution in [0.1, 0.15) is 17.3 Å². The summed E-state index contributed by atoms with van der Waals surface area (Å²) in [5.74, 6) is -0.433. The van der Waals surface area contributed by atoms with Crippen LogP contribution >= 0.6 is 11.8 Å². The van der Waals surface area contributed by atoms with E-state index in [0.717, 1.165) is 11.8 Å². The van der Waals surface area contributed by atoms with E-state index in [4.69, 9.17) is 0 Å². The van der Waals surface area contributed by atoms with Crippen molar-refractivity contribution in [2.75, 3.05) is 10.5 Å². The van der Waals surface area contributed by atoms with E-state index < -0.39 is 16.8 Å². The smallest absolute Gasteiger partial charge is 0.186 e. The van der Waals surface area contributed by atoms with Crippen molar-refractivity contribution in [3.05, 3.63) is 59.9 Å². The SMILES string of the molecule is CC(=O)SCC(=O)c1ccc(NS(=O)c2ccc(F)cc2)cc1. The molecule has 1 N–H and O–H groups in total. The van der Waals surface area contributed by atoms with Crippen molar-refractivity contribution in [1.82, 2.24) is 0 Å². The highest BCUT2D eigenvalue weighted by Gasteiger charge is 2.09. The number of Topliss-reactive ketones (excluding diaryl/α,β-unsaturated/α-hetero) is 1. The van der Waals surface area contributed by atoms with Crippen molar-refractivity contribution in [1.29, 1.82) is 0 Å². The van der Waals surface area contributed by atoms with E-state index in [2.05, 4.69) is 4.72 Å². The Balaban J connectivity index is 1.99. The van der Waals surface area contributed by atoms with E-state index in [1.54, 1.807) is 24.3 Å². The molecular formula is C16H14FNO3S2. The number of ketones is 1. The predicted molar refractivity (Wildman–Crippen MR) is 90.3 cm³/mol. The molecule has 0 bridgehead atoms. The van der Waals surface area contributed by atoms with Gasteiger partial charge >= 0.3 is 0 Å². The topological polar surface area (TPSA) is 63.2 Å². The molecule has 0 aliphatic carbocycles. The van der Waals surface area contributed by atoms with E-state index in [-0.39, 0.29) is 16.7 Å². The van der Waals surface area contributed by atoms with E-state index in [9.17, 15) is 18.2 Å². The lowest BCUT2D eigenvalue weighted by molar-refractivity contribution is -0.109. The first-order chi connectivity index (χ1) is 11.0. The molecule has 0 spiro atoms. The lowest BCUT2D eigenvalue weighted by Crippen LogP contribution is -2.06. The van der Waals surface area contributed by atoms with Crippen LogP contribution in [0.15, 0.2) is 53.4 Å². The number of thioether (sulfide) groups is 1. The Bertz CT molecular complexity index is 730. The molecule has 2 aromatic carbocycles. The van der Waals surface area contributed by atoms with Gasteiger partial charge in [0.1, 0.15) is 16.8 Å². The van der Waals surface area contributed by atoms with Crippen LogP contribution in [0.3, 0.4) is 0 Å². The van der Waals surface area contributed by atoms with Crippen LogP contribution in [0.25, 0.3) is 0 Å². The van der Waals surface area contributed by atoms with Crippen molar-refractivity contribution in [3.8, 4) is 0 Å². The zero-order valence-corrected chi connectivity index (χ0v) is 13.9. The maximum absolute atomic E-state index is 12.8. The average Bonchev–Trinajstić information content (AvgIpc) is 2.54. The third kappa shape index (κ3) is 5.30. The normalized spacial score (nSPS) is 11.7. The summed E-state index contributed by atoms with van der Waals surface area (Å²) in [7, 11) is -1.52. The second kappa shape index (κ2) is 8.03. The molecule has 2 rings (SSSR count). The van der Waals surface area contributed by atoms with E-state index in [1.807, 2.05) is 0 Å². The Morgan fingerprint density at radius 1 is 1.09 bits per heavy atom. The fraction of sp³-hybridized carbons (Fsp3) is 0.125. The number of halogens is 1. The van der Waals surface area contributed by atoms with Crippen molar-refractivity contribution < 1.29 is 18.2 Å². The van der Waals surface area contributed by atoms with Crippen LogP contribution in [0, 0.1) is 5.82 Å². The molecule has 120 valence electrons. The van der Waals surface area contributed by atoms with E-state index >= 15 is 0 Å². The Hall–Kier alpha value is -1.99. The fourth-order valence-electron chi connectivity index (χ4n) is 1.70. The van der Waals surface area contributed by atoms with Crippen LogP contribution in [-0.4, -0.2) is 20.9 Å². The van der Waals surface area contributed by atoms with Crippen LogP contribution in [-0.2, 0) is 15.8 Å². The number of hydrogen-bond donors (Lipinski definition) is 1. The first-order valence-electron chi connectivity index (χ1n) is 6.66. The van der Waals surface area contributed by atoms with Gasteiger partial charge in [0, 0.05) is 18.2 Å². The van der Waals surface area contributed by atoms with Gasteiger partial charge in [-0.25, -0.2) is 8.60 Å². The molecule has 1 atom stereocenters. The molecule has 0 heterocycles. The largest absolute Gasteiger partial charge is 0.301 e. The zero-order valence-electron chi connectivity index (χ0n) is 12.2. The van der Waals surface area contributed by atoms with Crippen LogP contribution in [0.4, 0.5) is 10.1 Å². The van der Waals surface area contributed by atoms with E-state index in [0.29, 0.717) is 16.1 Å². The standard InChI is InChI=1S/C16H14FNO3S2/c1-11(19)22-10-16(20)12-2-6-14(7-3-12)18-23(21)15-8-4-13(17)5-9-15/h2-9,18H,10H2,1H3. The van der Waals surface area contributed by atoms with Gasteiger partial charge in [0.05, 0.1) is 10.6 Å². The second-order valence-corrected chi connectivity index (χ2v) is 6.97. The maximum atomic E-state index is 12.8. The highest BCUT2D eigenvalue weighted by molar-refractivity contribution is 8.14. The summed E-state index contributed by atoms with van der Waals surface area (Å²) in [6, 6.07) is 11.8. The highest BCUT2D eigenvalue weighted by Crippen LogP contribution is 2.16. The van der Waals surface area contributed by atoms with Gasteiger partial charge in [0.25, 0.3) is 0 Å². The molecule has 2 aromatic rings. The van der Waals surface area contributed by atoms with Gasteiger partial charge in [0.2, 0.25) is 0 Å². The molecule has 0 saturated carbocycles. The molecule has 0 fully saturated rings. The Labute approximate surface area is 140 Å². The summed E-state index contributed by atoms with van der Waals surface area (Å²) >= 11 is 0.964. The maximum Gasteiger partial charge on any atom is 0.186 e. The third-order valence-corrected chi connectivity index (χ3v) is 4.79. The summed E-state index contributed by atoms with van der Waals surface area (Å²) in [4.78, 5) is 23.1. The predicted octanol–water partition coefficient (Wildman–Crippen LogP) is 3.42. The van der Waals surface area contributed by atoms with Gasteiger partial charge in [0.15, 0.2) is 10.9 Å². The quantitative estimate of drug-likeness (QED) is 0.810. The van der Waals surface area contributed by atoms with Crippen molar-refractivity contribution in [2.45, 2.75) is 11.8 Å². The zero-order chi connectivity index (χ0) is 16.8. The van der Waals surface area contributed by atoms with Gasteiger partial charge in [-0.1, -0.05) is 11.8 Å². The van der Waals surface area contributed by atoms with Crippen molar-refractivity contribution >= 4 is 39.3 Å². The fourth-order valence-corrected chi connectivity index (χ4v) is 3.05. The average molecular weight is 351 g/mol. The first-order valence-corrected chi connectivity index (χ1v) is 8.80. The Morgan fingerprint density at radius 2 is 1.70 bits per heavy atom. The van der Waals surface area contributed by atoms with Gasteiger partial charge < -0.3 is 4.72 Å². The molecule has 0 saturated heterocycles. The molecule has 0 aliphatic rings. The minimum atomic E-state index is -1.52. The lowest BCUT2D eigenvalue weighted by Gasteiger charge is -2.07. The number of nitrogens with one attached hydrogen (secondary N) is 1. The minimum absolute atomic E-state index is 0.101. The van der Waals surface area contributed by atoms with E-state index in [1.165, 1.54) is 31.2 Å². The number of anilines is 1. The highest BCUT2D eigenvalue weighted by atomic mass is 32.2. The number of rotatable bonds is 6. The van der Waals surface area contributed by atoms with Crippen LogP contribution < -0.4 is 4.72 Å². The summed E-state index contributed by atoms with van der Waals surface area (Å²) in [5, 5.41) is -0.105. The Kier molecular flexibility index (Phi) is 6.06. The first kappa shape index (κ1) is 17.4. The molecule has 0 amide bonds. The van der Waals surface area contributed by atoms with Crippen molar-refractivity contribution in [3.63, 3.8) is 0 Å². The number of hydrogen-bond acceptors (Lipinski definition) is 4. The summed E-state index contributed by atoms with van der Waals surface area (Å²) < 4.78 is 27.7. The summed E-state index contributed by atoms with van der Waals surface area (Å²) in [6.07, 6.45) is 0. The molecule has 4 nitrogen and oxygen atoms in total. The van der Waals surface area contributed by atoms with Crippen molar-refractivity contribution in [2.24, 2.45) is 0 Å². The molecule has 0 aromatic heterocycles. The molecule has 1 unspecified atom stereocenters. The van der Waals surface area contributed by atoms with Crippen LogP contribution in [0.2, 0.25) is 0 Å². The van der Waals surface area contributed by atoms with Gasteiger partial charge in [-0.05, 0) is 48.5 Å². The summed E-state index contributed by atoms with van der Waals surface area (Å²) in [5.41, 5.74) is 1.06. The number of carbonyl (C=O) groups excluding carboxylic acids is 2.